The number of amides is 1. The number of carbonyl (C=O) groups excluding carboxylic acids is 1. The molecule has 22 heavy (non-hydrogen) atoms. The lowest BCUT2D eigenvalue weighted by atomic mass is 10.1. The predicted octanol–water partition coefficient (Wildman–Crippen LogP) is 4.49. The summed E-state index contributed by atoms with van der Waals surface area (Å²) in [5.41, 5.74) is 1.85. The second-order valence-electron chi connectivity index (χ2n) is 6.51. The van der Waals surface area contributed by atoms with Gasteiger partial charge in [-0.2, -0.15) is 0 Å². The van der Waals surface area contributed by atoms with Crippen LogP contribution in [0, 0.1) is 0 Å². The van der Waals surface area contributed by atoms with Gasteiger partial charge in [0.05, 0.1) is 6.61 Å². The van der Waals surface area contributed by atoms with Crippen LogP contribution < -0.4 is 4.74 Å². The molecule has 4 nitrogen and oxygen atoms in total. The van der Waals surface area contributed by atoms with E-state index >= 15 is 0 Å². The lowest BCUT2D eigenvalue weighted by Gasteiger charge is -2.24. The van der Waals surface area contributed by atoms with Crippen molar-refractivity contribution in [1.29, 1.82) is 0 Å². The molecule has 1 aliphatic heterocycles. The van der Waals surface area contributed by atoms with Crippen molar-refractivity contribution < 1.29 is 14.3 Å². The van der Waals surface area contributed by atoms with E-state index in [9.17, 15) is 4.79 Å². The summed E-state index contributed by atoms with van der Waals surface area (Å²) in [4.78, 5) is 13.9. The summed E-state index contributed by atoms with van der Waals surface area (Å²) >= 11 is 3.41. The Morgan fingerprint density at radius 2 is 1.95 bits per heavy atom. The minimum atomic E-state index is -0.463. The SMILES string of the molecule is CC(C)(C)OC(=O)N1Cc2ccc(OCCCCBr)cc2C1. The van der Waals surface area contributed by atoms with E-state index in [0.29, 0.717) is 13.1 Å². The van der Waals surface area contributed by atoms with E-state index in [4.69, 9.17) is 9.47 Å². The number of benzene rings is 1. The number of nitrogens with zero attached hydrogens (tertiary/aromatic N) is 1. The highest BCUT2D eigenvalue weighted by atomic mass is 79.9. The molecule has 122 valence electrons. The zero-order valence-electron chi connectivity index (χ0n) is 13.5. The maximum Gasteiger partial charge on any atom is 0.410 e. The number of halogens is 1. The van der Waals surface area contributed by atoms with Crippen LogP contribution in [0.3, 0.4) is 0 Å². The minimum absolute atomic E-state index is 0.261. The van der Waals surface area contributed by atoms with Gasteiger partial charge in [-0.3, -0.25) is 4.90 Å². The highest BCUT2D eigenvalue weighted by molar-refractivity contribution is 9.09. The molecule has 0 saturated carbocycles. The Labute approximate surface area is 140 Å². The van der Waals surface area contributed by atoms with Crippen LogP contribution in [-0.4, -0.2) is 28.5 Å². The summed E-state index contributed by atoms with van der Waals surface area (Å²) < 4.78 is 11.2. The molecule has 1 aliphatic rings. The third-order valence-corrected chi connectivity index (χ3v) is 3.91. The normalized spacial score (nSPS) is 13.9. The van der Waals surface area contributed by atoms with Crippen molar-refractivity contribution >= 4 is 22.0 Å². The summed E-state index contributed by atoms with van der Waals surface area (Å²) in [5, 5.41) is 1.01. The van der Waals surface area contributed by atoms with Crippen molar-refractivity contribution in [2.45, 2.75) is 52.3 Å². The van der Waals surface area contributed by atoms with Gasteiger partial charge >= 0.3 is 6.09 Å². The Morgan fingerprint density at radius 3 is 2.64 bits per heavy atom. The average Bonchev–Trinajstić information content (AvgIpc) is 2.85. The molecule has 0 N–H and O–H groups in total. The first-order valence-electron chi connectivity index (χ1n) is 7.67. The van der Waals surface area contributed by atoms with Gasteiger partial charge < -0.3 is 9.47 Å². The number of alkyl halides is 1. The van der Waals surface area contributed by atoms with Gasteiger partial charge in [0.15, 0.2) is 0 Å². The molecule has 1 aromatic rings. The Bertz CT molecular complexity index is 525. The summed E-state index contributed by atoms with van der Waals surface area (Å²) in [6.07, 6.45) is 1.88. The summed E-state index contributed by atoms with van der Waals surface area (Å²) in [7, 11) is 0. The molecule has 0 aliphatic carbocycles. The first-order valence-corrected chi connectivity index (χ1v) is 8.80. The first-order chi connectivity index (χ1) is 10.4. The third kappa shape index (κ3) is 4.90. The van der Waals surface area contributed by atoms with E-state index in [1.54, 1.807) is 4.90 Å². The van der Waals surface area contributed by atoms with Crippen LogP contribution in [0.5, 0.6) is 5.75 Å². The lowest BCUT2D eigenvalue weighted by Crippen LogP contribution is -2.33. The molecule has 0 radical (unpaired) electrons. The highest BCUT2D eigenvalue weighted by Gasteiger charge is 2.27. The van der Waals surface area contributed by atoms with Crippen molar-refractivity contribution in [3.63, 3.8) is 0 Å². The molecule has 0 saturated heterocycles. The van der Waals surface area contributed by atoms with E-state index in [-0.39, 0.29) is 6.09 Å². The van der Waals surface area contributed by atoms with Gasteiger partial charge in [0.2, 0.25) is 0 Å². The number of rotatable bonds is 5. The molecule has 0 bridgehead atoms. The standard InChI is InChI=1S/C17H24BrNO3/c1-17(2,3)22-16(20)19-11-13-6-7-15(10-14(13)12-19)21-9-5-4-8-18/h6-7,10H,4-5,8-9,11-12H2,1-3H3. The van der Waals surface area contributed by atoms with Gasteiger partial charge in [-0.05, 0) is 56.9 Å². The fourth-order valence-electron chi connectivity index (χ4n) is 2.30. The van der Waals surface area contributed by atoms with Crippen molar-refractivity contribution in [3.8, 4) is 5.75 Å². The fraction of sp³-hybridized carbons (Fsp3) is 0.588. The largest absolute Gasteiger partial charge is 0.494 e. The lowest BCUT2D eigenvalue weighted by molar-refractivity contribution is 0.0242. The van der Waals surface area contributed by atoms with Gasteiger partial charge in [0.1, 0.15) is 11.4 Å². The smallest absolute Gasteiger partial charge is 0.410 e. The average molecular weight is 370 g/mol. The van der Waals surface area contributed by atoms with Crippen LogP contribution >= 0.6 is 15.9 Å². The van der Waals surface area contributed by atoms with Crippen LogP contribution in [-0.2, 0) is 17.8 Å². The molecule has 2 rings (SSSR count). The summed E-state index contributed by atoms with van der Waals surface area (Å²) in [5.74, 6) is 0.874. The van der Waals surface area contributed by atoms with Gasteiger partial charge in [0, 0.05) is 18.4 Å². The van der Waals surface area contributed by atoms with Crippen LogP contribution in [0.1, 0.15) is 44.7 Å². The molecule has 0 spiro atoms. The molecule has 1 aromatic carbocycles. The van der Waals surface area contributed by atoms with E-state index in [1.807, 2.05) is 39.0 Å². The van der Waals surface area contributed by atoms with Crippen LogP contribution in [0.15, 0.2) is 18.2 Å². The van der Waals surface area contributed by atoms with Crippen LogP contribution in [0.2, 0.25) is 0 Å². The van der Waals surface area contributed by atoms with Gasteiger partial charge in [-0.1, -0.05) is 22.0 Å². The molecule has 0 fully saturated rings. The first kappa shape index (κ1) is 17.1. The second kappa shape index (κ2) is 7.36. The van der Waals surface area contributed by atoms with Crippen molar-refractivity contribution in [2.75, 3.05) is 11.9 Å². The van der Waals surface area contributed by atoms with Gasteiger partial charge in [-0.15, -0.1) is 0 Å². The maximum absolute atomic E-state index is 12.1. The molecule has 0 aromatic heterocycles. The minimum Gasteiger partial charge on any atom is -0.494 e. The number of unbranched alkanes of at least 4 members (excludes halogenated alkanes) is 1. The van der Waals surface area contributed by atoms with E-state index in [0.717, 1.165) is 36.1 Å². The molecular weight excluding hydrogens is 346 g/mol. The zero-order valence-corrected chi connectivity index (χ0v) is 15.1. The Balaban J connectivity index is 1.92. The molecular formula is C17H24BrNO3. The predicted molar refractivity (Wildman–Crippen MR) is 90.4 cm³/mol. The third-order valence-electron chi connectivity index (χ3n) is 3.35. The van der Waals surface area contributed by atoms with Gasteiger partial charge in [-0.25, -0.2) is 4.79 Å². The summed E-state index contributed by atoms with van der Waals surface area (Å²) in [6, 6.07) is 6.05. The van der Waals surface area contributed by atoms with Crippen molar-refractivity contribution in [2.24, 2.45) is 0 Å². The number of hydrogen-bond acceptors (Lipinski definition) is 3. The highest BCUT2D eigenvalue weighted by Crippen LogP contribution is 2.28. The molecule has 0 atom stereocenters. The van der Waals surface area contributed by atoms with Crippen molar-refractivity contribution in [1.82, 2.24) is 4.90 Å². The number of ether oxygens (including phenoxy) is 2. The molecule has 0 unspecified atom stereocenters. The Kier molecular flexibility index (Phi) is 5.73. The fourth-order valence-corrected chi connectivity index (χ4v) is 2.70. The monoisotopic (exact) mass is 369 g/mol. The van der Waals surface area contributed by atoms with E-state index < -0.39 is 5.60 Å². The van der Waals surface area contributed by atoms with Crippen molar-refractivity contribution in [3.05, 3.63) is 29.3 Å². The molecule has 1 heterocycles. The maximum atomic E-state index is 12.1. The quantitative estimate of drug-likeness (QED) is 0.566. The molecule has 1 amide bonds. The van der Waals surface area contributed by atoms with Gasteiger partial charge in [0.25, 0.3) is 0 Å². The summed E-state index contributed by atoms with van der Waals surface area (Å²) in [6.45, 7) is 7.56. The number of hydrogen-bond donors (Lipinski definition) is 0. The zero-order chi connectivity index (χ0) is 16.2. The Morgan fingerprint density at radius 1 is 1.23 bits per heavy atom. The van der Waals surface area contributed by atoms with Crippen LogP contribution in [0.25, 0.3) is 0 Å². The number of fused-ring (bicyclic) bond motifs is 1. The van der Waals surface area contributed by atoms with E-state index in [2.05, 4.69) is 15.9 Å². The second-order valence-corrected chi connectivity index (χ2v) is 7.30. The topological polar surface area (TPSA) is 38.8 Å². The number of carbonyl (C=O) groups is 1. The molecule has 5 heteroatoms. The Hall–Kier alpha value is -1.23. The van der Waals surface area contributed by atoms with E-state index in [1.165, 1.54) is 5.56 Å². The van der Waals surface area contributed by atoms with Crippen LogP contribution in [0.4, 0.5) is 4.79 Å².